The Kier molecular flexibility index (Phi) is 1.81. The highest BCUT2D eigenvalue weighted by Crippen LogP contribution is 2.37. The maximum Gasteiger partial charge on any atom is 0.336 e. The zero-order valence-electron chi connectivity index (χ0n) is 15.9. The Labute approximate surface area is 122 Å². The van der Waals surface area contributed by atoms with Gasteiger partial charge in [0.15, 0.2) is 11.2 Å². The minimum Gasteiger partial charge on any atom is -0.482 e. The van der Waals surface area contributed by atoms with E-state index in [4.69, 9.17) is 20.4 Å². The van der Waals surface area contributed by atoms with Crippen molar-refractivity contribution in [2.75, 3.05) is 6.56 Å². The third-order valence-electron chi connectivity index (χ3n) is 3.13. The fraction of sp³-hybridized carbons (Fsp3) is 0.188. The van der Waals surface area contributed by atoms with Crippen molar-refractivity contribution in [1.82, 2.24) is 0 Å². The SMILES string of the molecule is [2H]C([2H])=C([2H])C([2H])([2H])Oc1c2occ(C)c2cc2c(C)cc(=O)oc12. The Hall–Kier alpha value is -2.49. The molecule has 0 unspecified atom stereocenters. The molecular formula is C16H14O4. The molecule has 0 N–H and O–H groups in total. The quantitative estimate of drug-likeness (QED) is 0.540. The van der Waals surface area contributed by atoms with Crippen molar-refractivity contribution in [1.29, 1.82) is 0 Å². The van der Waals surface area contributed by atoms with E-state index in [1.54, 1.807) is 19.9 Å². The average Bonchev–Trinajstić information content (AvgIpc) is 2.88. The van der Waals surface area contributed by atoms with Gasteiger partial charge in [0.1, 0.15) is 6.56 Å². The van der Waals surface area contributed by atoms with E-state index in [1.165, 1.54) is 12.3 Å². The van der Waals surface area contributed by atoms with Crippen molar-refractivity contribution in [2.24, 2.45) is 0 Å². The zero-order chi connectivity index (χ0) is 18.5. The summed E-state index contributed by atoms with van der Waals surface area (Å²) in [5.41, 5.74) is 0.895. The fourth-order valence-electron chi connectivity index (χ4n) is 2.19. The molecule has 0 spiro atoms. The Bertz CT molecular complexity index is 1070. The highest BCUT2D eigenvalue weighted by molar-refractivity contribution is 6.02. The first kappa shape index (κ1) is 7.94. The first-order chi connectivity index (χ1) is 11.6. The second kappa shape index (κ2) is 4.56. The van der Waals surface area contributed by atoms with E-state index in [0.717, 1.165) is 5.56 Å². The molecule has 0 saturated heterocycles. The summed E-state index contributed by atoms with van der Waals surface area (Å²) < 4.78 is 53.5. The molecule has 0 atom stereocenters. The Morgan fingerprint density at radius 1 is 1.40 bits per heavy atom. The molecule has 4 nitrogen and oxygen atoms in total. The molecule has 3 rings (SSSR count). The predicted molar refractivity (Wildman–Crippen MR) is 77.4 cm³/mol. The summed E-state index contributed by atoms with van der Waals surface area (Å²) in [7, 11) is 0. The van der Waals surface area contributed by atoms with Crippen LogP contribution in [0.4, 0.5) is 0 Å². The Balaban J connectivity index is 2.38. The molecular weight excluding hydrogens is 256 g/mol. The molecule has 2 aromatic heterocycles. The van der Waals surface area contributed by atoms with Gasteiger partial charge in [-0.2, -0.15) is 0 Å². The number of ether oxygens (including phenoxy) is 1. The summed E-state index contributed by atoms with van der Waals surface area (Å²) in [6.07, 6.45) is 1.46. The second-order valence-electron chi connectivity index (χ2n) is 4.46. The van der Waals surface area contributed by atoms with Crippen LogP contribution in [0.15, 0.2) is 44.6 Å². The number of rotatable bonds is 3. The molecule has 20 heavy (non-hydrogen) atoms. The van der Waals surface area contributed by atoms with Crippen LogP contribution < -0.4 is 10.4 Å². The van der Waals surface area contributed by atoms with Crippen LogP contribution in [0.3, 0.4) is 0 Å². The number of aryl methyl sites for hydroxylation is 2. The highest BCUT2D eigenvalue weighted by atomic mass is 16.5. The van der Waals surface area contributed by atoms with Crippen LogP contribution in [0.1, 0.15) is 18.0 Å². The van der Waals surface area contributed by atoms with Crippen LogP contribution in [0.2, 0.25) is 0 Å². The van der Waals surface area contributed by atoms with Crippen molar-refractivity contribution in [3.05, 3.63) is 52.5 Å². The number of hydrogen-bond donors (Lipinski definition) is 0. The number of furan rings is 1. The number of hydrogen-bond acceptors (Lipinski definition) is 4. The Morgan fingerprint density at radius 3 is 3.00 bits per heavy atom. The van der Waals surface area contributed by atoms with Crippen LogP contribution in [0, 0.1) is 13.8 Å². The van der Waals surface area contributed by atoms with E-state index < -0.39 is 24.8 Å². The first-order valence-corrected chi connectivity index (χ1v) is 5.90. The van der Waals surface area contributed by atoms with Gasteiger partial charge >= 0.3 is 5.63 Å². The van der Waals surface area contributed by atoms with Gasteiger partial charge in [-0.05, 0) is 31.0 Å². The molecule has 4 heteroatoms. The maximum atomic E-state index is 11.8. The summed E-state index contributed by atoms with van der Waals surface area (Å²) in [6.45, 7) is -0.287. The van der Waals surface area contributed by atoms with Crippen molar-refractivity contribution >= 4 is 21.9 Å². The lowest BCUT2D eigenvalue weighted by Gasteiger charge is -2.08. The fourth-order valence-corrected chi connectivity index (χ4v) is 2.19. The van der Waals surface area contributed by atoms with Gasteiger partial charge in [-0.1, -0.05) is 12.6 Å². The smallest absolute Gasteiger partial charge is 0.336 e. The maximum absolute atomic E-state index is 11.8. The molecule has 2 heterocycles. The molecule has 1 aromatic carbocycles. The van der Waals surface area contributed by atoms with Crippen molar-refractivity contribution in [2.45, 2.75) is 13.8 Å². The molecule has 0 aliphatic heterocycles. The molecule has 0 aliphatic carbocycles. The van der Waals surface area contributed by atoms with E-state index in [0.29, 0.717) is 16.3 Å². The normalized spacial score (nSPS) is 15.2. The van der Waals surface area contributed by atoms with Crippen LogP contribution in [-0.4, -0.2) is 6.56 Å². The van der Waals surface area contributed by atoms with Gasteiger partial charge < -0.3 is 13.6 Å². The van der Waals surface area contributed by atoms with Gasteiger partial charge in [0.05, 0.1) is 13.1 Å². The van der Waals surface area contributed by atoms with Crippen LogP contribution >= 0.6 is 0 Å². The molecule has 0 amide bonds. The second-order valence-corrected chi connectivity index (χ2v) is 4.46. The van der Waals surface area contributed by atoms with Crippen molar-refractivity contribution in [3.8, 4) is 5.75 Å². The van der Waals surface area contributed by atoms with Crippen molar-refractivity contribution < 1.29 is 20.4 Å². The number of benzene rings is 1. The standard InChI is InChI=1S/C16H14O4/c1-4-5-18-16-14-12(10(3)8-19-14)7-11-9(2)6-13(17)20-15(11)16/h4,6-8H,1,5H2,2-3H3/i1D2,4D,5D2. The molecule has 0 fully saturated rings. The highest BCUT2D eigenvalue weighted by Gasteiger charge is 2.17. The summed E-state index contributed by atoms with van der Waals surface area (Å²) >= 11 is 0. The topological polar surface area (TPSA) is 52.6 Å². The average molecular weight is 275 g/mol. The molecule has 0 radical (unpaired) electrons. The van der Waals surface area contributed by atoms with E-state index in [-0.39, 0.29) is 16.9 Å². The Morgan fingerprint density at radius 2 is 2.20 bits per heavy atom. The van der Waals surface area contributed by atoms with Gasteiger partial charge in [-0.25, -0.2) is 4.79 Å². The van der Waals surface area contributed by atoms with Crippen LogP contribution in [-0.2, 0) is 0 Å². The largest absolute Gasteiger partial charge is 0.482 e. The molecule has 0 aliphatic rings. The van der Waals surface area contributed by atoms with E-state index >= 15 is 0 Å². The minimum atomic E-state index is -2.77. The molecule has 102 valence electrons. The van der Waals surface area contributed by atoms with Gasteiger partial charge in [0.25, 0.3) is 0 Å². The molecule has 0 bridgehead atoms. The van der Waals surface area contributed by atoms with Gasteiger partial charge in [0.2, 0.25) is 5.75 Å². The van der Waals surface area contributed by atoms with Crippen LogP contribution in [0.25, 0.3) is 21.9 Å². The molecule has 0 saturated carbocycles. The lowest BCUT2D eigenvalue weighted by molar-refractivity contribution is 0.356. The van der Waals surface area contributed by atoms with Gasteiger partial charge in [-0.15, -0.1) is 0 Å². The molecule has 3 aromatic rings. The lowest BCUT2D eigenvalue weighted by atomic mass is 10.1. The third kappa shape index (κ3) is 1.81. The van der Waals surface area contributed by atoms with Crippen molar-refractivity contribution in [3.63, 3.8) is 0 Å². The van der Waals surface area contributed by atoms with E-state index in [9.17, 15) is 4.79 Å². The summed E-state index contributed by atoms with van der Waals surface area (Å²) in [5.74, 6) is -0.183. The van der Waals surface area contributed by atoms with E-state index in [2.05, 4.69) is 0 Å². The summed E-state index contributed by atoms with van der Waals surface area (Å²) in [6, 6.07) is 2.10. The monoisotopic (exact) mass is 275 g/mol. The van der Waals surface area contributed by atoms with Gasteiger partial charge in [0, 0.05) is 16.8 Å². The first-order valence-electron chi connectivity index (χ1n) is 8.40. The lowest BCUT2D eigenvalue weighted by Crippen LogP contribution is -2.01. The van der Waals surface area contributed by atoms with Gasteiger partial charge in [-0.3, -0.25) is 0 Å². The van der Waals surface area contributed by atoms with E-state index in [1.807, 2.05) is 0 Å². The number of fused-ring (bicyclic) bond motifs is 2. The third-order valence-corrected chi connectivity index (χ3v) is 3.13. The summed E-state index contributed by atoms with van der Waals surface area (Å²) in [4.78, 5) is 11.8. The minimum absolute atomic E-state index is 0.0139. The zero-order valence-corrected chi connectivity index (χ0v) is 10.9. The predicted octanol–water partition coefficient (Wildman–Crippen LogP) is 3.72. The summed E-state index contributed by atoms with van der Waals surface area (Å²) in [5, 5.41) is 1.18. The van der Waals surface area contributed by atoms with Crippen LogP contribution in [0.5, 0.6) is 5.75 Å².